The molecule has 0 saturated carbocycles. The van der Waals surface area contributed by atoms with Gasteiger partial charge >= 0.3 is 0 Å². The zero-order valence-corrected chi connectivity index (χ0v) is 16.5. The fourth-order valence-corrected chi connectivity index (χ4v) is 3.98. The first-order chi connectivity index (χ1) is 12.5. The minimum absolute atomic E-state index is 0.0450. The van der Waals surface area contributed by atoms with Crippen LogP contribution in [0.3, 0.4) is 0 Å². The molecule has 0 saturated heterocycles. The van der Waals surface area contributed by atoms with Crippen molar-refractivity contribution in [3.63, 3.8) is 0 Å². The van der Waals surface area contributed by atoms with Crippen molar-refractivity contribution in [1.82, 2.24) is 4.98 Å². The monoisotopic (exact) mass is 364 g/mol. The van der Waals surface area contributed by atoms with Gasteiger partial charge in [0.1, 0.15) is 0 Å². The maximum absolute atomic E-state index is 12.3. The highest BCUT2D eigenvalue weighted by atomic mass is 32.2. The number of amides is 1. The SMILES string of the molecule is Cc1cccc(C)c1NC(=O)CCSc1cc(C)c2cccc(C)c2n1. The van der Waals surface area contributed by atoms with Crippen molar-refractivity contribution >= 4 is 34.3 Å². The number of rotatable bonds is 5. The van der Waals surface area contributed by atoms with Gasteiger partial charge in [-0.05, 0) is 56.0 Å². The Morgan fingerprint density at radius 1 is 0.962 bits per heavy atom. The Labute approximate surface area is 159 Å². The standard InChI is InChI=1S/C22H24N2OS/c1-14-7-5-8-15(2)21(14)23-19(25)11-12-26-20-13-17(4)18-10-6-9-16(3)22(18)24-20/h5-10,13H,11-12H2,1-4H3,(H,23,25). The first kappa shape index (κ1) is 18.5. The first-order valence-electron chi connectivity index (χ1n) is 8.81. The van der Waals surface area contributed by atoms with Crippen LogP contribution in [0.4, 0.5) is 5.69 Å². The van der Waals surface area contributed by atoms with E-state index in [-0.39, 0.29) is 5.91 Å². The van der Waals surface area contributed by atoms with Gasteiger partial charge in [-0.15, -0.1) is 11.8 Å². The molecule has 0 atom stereocenters. The Kier molecular flexibility index (Phi) is 5.62. The zero-order valence-electron chi connectivity index (χ0n) is 15.7. The van der Waals surface area contributed by atoms with Crippen LogP contribution in [0.1, 0.15) is 28.7 Å². The number of aryl methyl sites for hydroxylation is 4. The summed E-state index contributed by atoms with van der Waals surface area (Å²) in [5.74, 6) is 0.754. The maximum Gasteiger partial charge on any atom is 0.225 e. The molecule has 0 fully saturated rings. The van der Waals surface area contributed by atoms with Crippen molar-refractivity contribution < 1.29 is 4.79 Å². The average molecular weight is 365 g/mol. The van der Waals surface area contributed by atoms with Gasteiger partial charge in [-0.1, -0.05) is 36.4 Å². The summed E-state index contributed by atoms with van der Waals surface area (Å²) in [6.07, 6.45) is 0.463. The fraction of sp³-hybridized carbons (Fsp3) is 0.273. The molecule has 0 radical (unpaired) electrons. The smallest absolute Gasteiger partial charge is 0.225 e. The van der Waals surface area contributed by atoms with Gasteiger partial charge < -0.3 is 5.32 Å². The van der Waals surface area contributed by atoms with Gasteiger partial charge in [0.05, 0.1) is 10.5 Å². The second kappa shape index (κ2) is 7.92. The third kappa shape index (κ3) is 4.07. The molecule has 134 valence electrons. The van der Waals surface area contributed by atoms with Crippen molar-refractivity contribution in [3.8, 4) is 0 Å². The molecule has 0 unspecified atom stereocenters. The molecule has 0 aliphatic carbocycles. The van der Waals surface area contributed by atoms with E-state index in [4.69, 9.17) is 4.98 Å². The third-order valence-corrected chi connectivity index (χ3v) is 5.46. The molecule has 3 aromatic rings. The van der Waals surface area contributed by atoms with E-state index in [0.717, 1.165) is 27.4 Å². The normalized spacial score (nSPS) is 10.9. The summed E-state index contributed by atoms with van der Waals surface area (Å²) in [6, 6.07) is 14.4. The largest absolute Gasteiger partial charge is 0.326 e. The van der Waals surface area contributed by atoms with E-state index in [1.165, 1.54) is 16.5 Å². The van der Waals surface area contributed by atoms with E-state index in [1.54, 1.807) is 11.8 Å². The van der Waals surface area contributed by atoms with Crippen LogP contribution in [0.15, 0.2) is 47.5 Å². The Morgan fingerprint density at radius 3 is 2.35 bits per heavy atom. The van der Waals surface area contributed by atoms with Crippen LogP contribution in [0, 0.1) is 27.7 Å². The number of carbonyl (C=O) groups is 1. The molecule has 2 aromatic carbocycles. The Morgan fingerprint density at radius 2 is 1.62 bits per heavy atom. The van der Waals surface area contributed by atoms with Crippen molar-refractivity contribution in [2.24, 2.45) is 0 Å². The molecule has 0 bridgehead atoms. The van der Waals surface area contributed by atoms with Crippen LogP contribution in [-0.2, 0) is 4.79 Å². The van der Waals surface area contributed by atoms with E-state index in [9.17, 15) is 4.79 Å². The van der Waals surface area contributed by atoms with Crippen LogP contribution in [0.25, 0.3) is 10.9 Å². The van der Waals surface area contributed by atoms with E-state index in [0.29, 0.717) is 12.2 Å². The lowest BCUT2D eigenvalue weighted by Gasteiger charge is -2.11. The van der Waals surface area contributed by atoms with Crippen molar-refractivity contribution in [2.45, 2.75) is 39.1 Å². The molecule has 1 aromatic heterocycles. The molecule has 3 nitrogen and oxygen atoms in total. The second-order valence-electron chi connectivity index (χ2n) is 6.66. The van der Waals surface area contributed by atoms with Gasteiger partial charge in [-0.25, -0.2) is 4.98 Å². The molecule has 26 heavy (non-hydrogen) atoms. The summed E-state index contributed by atoms with van der Waals surface area (Å²) < 4.78 is 0. The lowest BCUT2D eigenvalue weighted by molar-refractivity contribution is -0.115. The minimum atomic E-state index is 0.0450. The van der Waals surface area contributed by atoms with Crippen LogP contribution in [0.5, 0.6) is 0 Å². The summed E-state index contributed by atoms with van der Waals surface area (Å²) in [5.41, 5.74) is 6.57. The van der Waals surface area contributed by atoms with Crippen molar-refractivity contribution in [2.75, 3.05) is 11.1 Å². The number of carbonyl (C=O) groups excluding carboxylic acids is 1. The van der Waals surface area contributed by atoms with E-state index in [2.05, 4.69) is 43.4 Å². The third-order valence-electron chi connectivity index (χ3n) is 4.55. The summed E-state index contributed by atoms with van der Waals surface area (Å²) in [7, 11) is 0. The lowest BCUT2D eigenvalue weighted by Crippen LogP contribution is -2.14. The number of thioether (sulfide) groups is 1. The van der Waals surface area contributed by atoms with Gasteiger partial charge in [-0.2, -0.15) is 0 Å². The zero-order chi connectivity index (χ0) is 18.7. The number of fused-ring (bicyclic) bond motifs is 1. The summed E-state index contributed by atoms with van der Waals surface area (Å²) in [5, 5.41) is 5.21. The van der Waals surface area contributed by atoms with Crippen LogP contribution in [-0.4, -0.2) is 16.6 Å². The van der Waals surface area contributed by atoms with Crippen LogP contribution < -0.4 is 5.32 Å². The molecule has 1 amide bonds. The number of para-hydroxylation sites is 2. The Bertz CT molecular complexity index is 946. The lowest BCUT2D eigenvalue weighted by atomic mass is 10.1. The number of benzene rings is 2. The van der Waals surface area contributed by atoms with E-state index < -0.39 is 0 Å². The number of nitrogens with one attached hydrogen (secondary N) is 1. The minimum Gasteiger partial charge on any atom is -0.326 e. The quantitative estimate of drug-likeness (QED) is 0.600. The molecule has 0 spiro atoms. The maximum atomic E-state index is 12.3. The molecule has 4 heteroatoms. The van der Waals surface area contributed by atoms with Crippen LogP contribution in [0.2, 0.25) is 0 Å². The summed E-state index contributed by atoms with van der Waals surface area (Å²) in [4.78, 5) is 17.1. The number of hydrogen-bond acceptors (Lipinski definition) is 3. The van der Waals surface area contributed by atoms with E-state index in [1.807, 2.05) is 32.0 Å². The van der Waals surface area contributed by atoms with Gasteiger partial charge in [-0.3, -0.25) is 4.79 Å². The highest BCUT2D eigenvalue weighted by molar-refractivity contribution is 7.99. The molecule has 1 heterocycles. The van der Waals surface area contributed by atoms with E-state index >= 15 is 0 Å². The summed E-state index contributed by atoms with van der Waals surface area (Å²) >= 11 is 1.63. The Balaban J connectivity index is 1.64. The van der Waals surface area contributed by atoms with Gasteiger partial charge in [0.25, 0.3) is 0 Å². The average Bonchev–Trinajstić information content (AvgIpc) is 2.59. The van der Waals surface area contributed by atoms with Gasteiger partial charge in [0.15, 0.2) is 0 Å². The topological polar surface area (TPSA) is 42.0 Å². The van der Waals surface area contributed by atoms with Gasteiger partial charge in [0, 0.05) is 23.2 Å². The second-order valence-corrected chi connectivity index (χ2v) is 7.78. The highest BCUT2D eigenvalue weighted by Crippen LogP contribution is 2.26. The Hall–Kier alpha value is -2.33. The number of hydrogen-bond donors (Lipinski definition) is 1. The highest BCUT2D eigenvalue weighted by Gasteiger charge is 2.09. The van der Waals surface area contributed by atoms with Crippen LogP contribution >= 0.6 is 11.8 Å². The number of nitrogens with zero attached hydrogens (tertiary/aromatic N) is 1. The molecule has 1 N–H and O–H groups in total. The van der Waals surface area contributed by atoms with Crippen molar-refractivity contribution in [3.05, 3.63) is 64.7 Å². The molecular weight excluding hydrogens is 340 g/mol. The molecular formula is C22H24N2OS. The van der Waals surface area contributed by atoms with Gasteiger partial charge in [0.2, 0.25) is 5.91 Å². The van der Waals surface area contributed by atoms with Crippen molar-refractivity contribution in [1.29, 1.82) is 0 Å². The predicted octanol–water partition coefficient (Wildman–Crippen LogP) is 5.59. The molecule has 3 rings (SSSR count). The number of pyridine rings is 1. The predicted molar refractivity (Wildman–Crippen MR) is 111 cm³/mol. The molecule has 0 aliphatic rings. The number of aromatic nitrogens is 1. The molecule has 0 aliphatic heterocycles. The first-order valence-corrected chi connectivity index (χ1v) is 9.80. The summed E-state index contributed by atoms with van der Waals surface area (Å²) in [6.45, 7) is 8.23. The fourth-order valence-electron chi connectivity index (χ4n) is 3.07. The number of anilines is 1.